The van der Waals surface area contributed by atoms with Gasteiger partial charge in [-0.1, -0.05) is 140 Å². The van der Waals surface area contributed by atoms with Crippen LogP contribution in [0.1, 0.15) is 0 Å². The first-order chi connectivity index (χ1) is 22.8. The van der Waals surface area contributed by atoms with Crippen LogP contribution in [0, 0.1) is 0 Å². The molecule has 0 nitrogen and oxygen atoms in total. The predicted octanol–water partition coefficient (Wildman–Crippen LogP) is 13.7. The van der Waals surface area contributed by atoms with E-state index in [4.69, 9.17) is 0 Å². The molecular formula is C44H26S2. The van der Waals surface area contributed by atoms with Gasteiger partial charge in [-0.05, 0) is 67.6 Å². The molecule has 0 radical (unpaired) electrons. The number of hydrogen-bond acceptors (Lipinski definition) is 2. The van der Waals surface area contributed by atoms with Gasteiger partial charge < -0.3 is 0 Å². The van der Waals surface area contributed by atoms with Gasteiger partial charge in [0.05, 0.1) is 0 Å². The van der Waals surface area contributed by atoms with Gasteiger partial charge in [0.2, 0.25) is 0 Å². The Balaban J connectivity index is 1.33. The molecule has 0 spiro atoms. The summed E-state index contributed by atoms with van der Waals surface area (Å²) in [5.74, 6) is 0. The fourth-order valence-corrected chi connectivity index (χ4v) is 9.98. The molecule has 0 aliphatic carbocycles. The van der Waals surface area contributed by atoms with Crippen LogP contribution in [0.15, 0.2) is 158 Å². The molecule has 0 aliphatic rings. The first-order valence-electron chi connectivity index (χ1n) is 15.7. The molecule has 2 heteroatoms. The molecule has 0 N–H and O–H groups in total. The summed E-state index contributed by atoms with van der Waals surface area (Å²) in [7, 11) is 0. The largest absolute Gasteiger partial charge is 0.134 e. The Bertz CT molecular complexity index is 2720. The van der Waals surface area contributed by atoms with E-state index in [0.717, 1.165) is 0 Å². The first-order valence-corrected chi connectivity index (χ1v) is 17.3. The Morgan fingerprint density at radius 1 is 0.304 bits per heavy atom. The second kappa shape index (κ2) is 10.1. The third-order valence-corrected chi connectivity index (χ3v) is 11.9. The number of hydrogen-bond donors (Lipinski definition) is 0. The lowest BCUT2D eigenvalue weighted by atomic mass is 9.85. The van der Waals surface area contributed by atoms with Crippen LogP contribution in [-0.4, -0.2) is 0 Å². The fraction of sp³-hybridized carbons (Fsp3) is 0. The van der Waals surface area contributed by atoms with Crippen molar-refractivity contribution >= 4 is 84.6 Å². The van der Waals surface area contributed by atoms with Crippen LogP contribution in [0.25, 0.3) is 95.3 Å². The predicted molar refractivity (Wildman–Crippen MR) is 204 cm³/mol. The summed E-state index contributed by atoms with van der Waals surface area (Å²) in [5.41, 5.74) is 7.66. The van der Waals surface area contributed by atoms with Gasteiger partial charge in [-0.15, -0.1) is 22.7 Å². The lowest BCUT2D eigenvalue weighted by molar-refractivity contribution is 1.61. The minimum absolute atomic E-state index is 1.23. The van der Waals surface area contributed by atoms with Crippen LogP contribution in [-0.2, 0) is 0 Å². The molecule has 0 saturated carbocycles. The minimum atomic E-state index is 1.23. The van der Waals surface area contributed by atoms with Crippen molar-refractivity contribution in [2.24, 2.45) is 0 Å². The Labute approximate surface area is 274 Å². The average molecular weight is 619 g/mol. The van der Waals surface area contributed by atoms with Gasteiger partial charge in [0.25, 0.3) is 0 Å². The van der Waals surface area contributed by atoms with Crippen molar-refractivity contribution in [3.8, 4) is 33.4 Å². The summed E-state index contributed by atoms with van der Waals surface area (Å²) in [5, 5.41) is 10.6. The van der Waals surface area contributed by atoms with Crippen LogP contribution >= 0.6 is 22.7 Å². The van der Waals surface area contributed by atoms with Crippen LogP contribution < -0.4 is 0 Å². The molecule has 0 bridgehead atoms. The van der Waals surface area contributed by atoms with E-state index in [0.29, 0.717) is 0 Å². The van der Waals surface area contributed by atoms with E-state index in [2.05, 4.69) is 158 Å². The van der Waals surface area contributed by atoms with Gasteiger partial charge in [-0.2, -0.15) is 0 Å². The lowest BCUT2D eigenvalue weighted by Crippen LogP contribution is -1.91. The fourth-order valence-electron chi connectivity index (χ4n) is 7.44. The molecule has 0 unspecified atom stereocenters. The highest BCUT2D eigenvalue weighted by Gasteiger charge is 2.22. The molecule has 8 aromatic carbocycles. The summed E-state index contributed by atoms with van der Waals surface area (Å²) in [6, 6.07) is 58.1. The van der Waals surface area contributed by atoms with Crippen molar-refractivity contribution in [3.05, 3.63) is 158 Å². The molecule has 214 valence electrons. The van der Waals surface area contributed by atoms with Gasteiger partial charge in [-0.25, -0.2) is 0 Å². The minimum Gasteiger partial charge on any atom is -0.134 e. The Morgan fingerprint density at radius 3 is 1.41 bits per heavy atom. The van der Waals surface area contributed by atoms with Crippen molar-refractivity contribution in [1.29, 1.82) is 0 Å². The van der Waals surface area contributed by atoms with Crippen LogP contribution in [0.4, 0.5) is 0 Å². The maximum absolute atomic E-state index is 2.49. The lowest BCUT2D eigenvalue weighted by Gasteiger charge is -2.18. The maximum atomic E-state index is 2.49. The Morgan fingerprint density at radius 2 is 0.761 bits per heavy atom. The highest BCUT2D eigenvalue weighted by atomic mass is 32.1. The van der Waals surface area contributed by atoms with Gasteiger partial charge in [0.15, 0.2) is 0 Å². The van der Waals surface area contributed by atoms with Gasteiger partial charge >= 0.3 is 0 Å². The van der Waals surface area contributed by atoms with E-state index in [9.17, 15) is 0 Å². The number of benzene rings is 8. The van der Waals surface area contributed by atoms with Crippen LogP contribution in [0.2, 0.25) is 0 Å². The molecule has 0 atom stereocenters. The molecule has 46 heavy (non-hydrogen) atoms. The SMILES string of the molecule is c1ccc(-c2ccc(-c3c4ccccc4c(-c4cc5c6ccccc6sc5c5c4sc4ccccc45)c4ccccc34)cc2)cc1. The molecule has 2 aromatic heterocycles. The average Bonchev–Trinajstić information content (AvgIpc) is 3.70. The summed E-state index contributed by atoms with van der Waals surface area (Å²) in [4.78, 5) is 0. The topological polar surface area (TPSA) is 0 Å². The third kappa shape index (κ3) is 3.78. The maximum Gasteiger partial charge on any atom is 0.0449 e. The zero-order chi connectivity index (χ0) is 30.2. The van der Waals surface area contributed by atoms with Gasteiger partial charge in [0, 0.05) is 45.9 Å². The van der Waals surface area contributed by atoms with E-state index in [1.54, 1.807) is 0 Å². The molecule has 2 heterocycles. The van der Waals surface area contributed by atoms with Crippen molar-refractivity contribution in [1.82, 2.24) is 0 Å². The monoisotopic (exact) mass is 618 g/mol. The molecule has 10 aromatic rings. The highest BCUT2D eigenvalue weighted by Crippen LogP contribution is 2.52. The standard InChI is InChI=1S/C44H26S2/c1-2-12-27(13-3-1)28-22-24-29(25-23-28)40-31-15-4-6-17-33(31)41(34-18-7-5-16-32(34)40)37-26-36-30-14-8-10-20-38(30)45-43(36)42-35-19-9-11-21-39(35)46-44(37)42/h1-26H. The second-order valence-electron chi connectivity index (χ2n) is 12.0. The quantitative estimate of drug-likeness (QED) is 0.173. The Hall–Kier alpha value is -5.28. The van der Waals surface area contributed by atoms with Gasteiger partial charge in [0.1, 0.15) is 0 Å². The van der Waals surface area contributed by atoms with Crippen molar-refractivity contribution in [2.45, 2.75) is 0 Å². The first kappa shape index (κ1) is 26.0. The summed E-state index contributed by atoms with van der Waals surface area (Å²) >= 11 is 3.86. The number of fused-ring (bicyclic) bond motifs is 9. The molecule has 0 aliphatic heterocycles. The molecule has 10 rings (SSSR count). The normalized spacial score (nSPS) is 11.9. The van der Waals surface area contributed by atoms with Crippen molar-refractivity contribution in [3.63, 3.8) is 0 Å². The van der Waals surface area contributed by atoms with E-state index in [1.165, 1.54) is 95.3 Å². The zero-order valence-electron chi connectivity index (χ0n) is 24.8. The Kier molecular flexibility index (Phi) is 5.72. The van der Waals surface area contributed by atoms with E-state index in [-0.39, 0.29) is 0 Å². The smallest absolute Gasteiger partial charge is 0.0449 e. The summed E-state index contributed by atoms with van der Waals surface area (Å²) in [6.45, 7) is 0. The molecule has 0 saturated heterocycles. The summed E-state index contributed by atoms with van der Waals surface area (Å²) in [6.07, 6.45) is 0. The third-order valence-electron chi connectivity index (χ3n) is 9.47. The second-order valence-corrected chi connectivity index (χ2v) is 14.1. The number of thiophene rings is 2. The van der Waals surface area contributed by atoms with E-state index >= 15 is 0 Å². The van der Waals surface area contributed by atoms with Crippen LogP contribution in [0.5, 0.6) is 0 Å². The van der Waals surface area contributed by atoms with E-state index < -0.39 is 0 Å². The molecule has 0 fully saturated rings. The van der Waals surface area contributed by atoms with Crippen LogP contribution in [0.3, 0.4) is 0 Å². The summed E-state index contributed by atoms with van der Waals surface area (Å²) < 4.78 is 5.44. The zero-order valence-corrected chi connectivity index (χ0v) is 26.5. The molecular weight excluding hydrogens is 593 g/mol. The van der Waals surface area contributed by atoms with Crippen molar-refractivity contribution in [2.75, 3.05) is 0 Å². The molecule has 0 amide bonds. The highest BCUT2D eigenvalue weighted by molar-refractivity contribution is 7.30. The van der Waals surface area contributed by atoms with Gasteiger partial charge in [-0.3, -0.25) is 0 Å². The van der Waals surface area contributed by atoms with E-state index in [1.807, 2.05) is 22.7 Å². The number of rotatable bonds is 3. The van der Waals surface area contributed by atoms with Crippen molar-refractivity contribution < 1.29 is 0 Å².